The number of piperidine rings is 1. The van der Waals surface area contributed by atoms with Gasteiger partial charge in [-0.25, -0.2) is 14.4 Å². The van der Waals surface area contributed by atoms with Crippen LogP contribution >= 0.6 is 0 Å². The van der Waals surface area contributed by atoms with Crippen molar-refractivity contribution in [1.82, 2.24) is 15.0 Å². The Morgan fingerprint density at radius 1 is 1.07 bits per heavy atom. The Kier molecular flexibility index (Phi) is 6.14. The lowest BCUT2D eigenvalue weighted by molar-refractivity contribution is 0.271. The molecule has 0 aliphatic carbocycles. The van der Waals surface area contributed by atoms with Crippen molar-refractivity contribution in [2.75, 3.05) is 18.0 Å². The maximum Gasteiger partial charge on any atom is 0.225 e. The van der Waals surface area contributed by atoms with Gasteiger partial charge in [0.2, 0.25) is 5.95 Å². The van der Waals surface area contributed by atoms with Crippen LogP contribution in [0.4, 0.5) is 10.3 Å². The van der Waals surface area contributed by atoms with Gasteiger partial charge in [0.1, 0.15) is 5.69 Å². The van der Waals surface area contributed by atoms with Crippen molar-refractivity contribution in [1.29, 1.82) is 0 Å². The molecular weight excluding hydrogens is 371 g/mol. The molecule has 152 valence electrons. The van der Waals surface area contributed by atoms with Gasteiger partial charge in [0.25, 0.3) is 0 Å². The van der Waals surface area contributed by atoms with Gasteiger partial charge in [-0.1, -0.05) is 20.8 Å². The number of hydrogen-bond acceptors (Lipinski definition) is 5. The first-order valence-corrected chi connectivity index (χ1v) is 12.9. The van der Waals surface area contributed by atoms with Crippen LogP contribution in [-0.2, 0) is 11.0 Å². The van der Waals surface area contributed by atoms with Gasteiger partial charge >= 0.3 is 0 Å². The molecule has 2 aromatic heterocycles. The van der Waals surface area contributed by atoms with Crippen molar-refractivity contribution in [2.24, 2.45) is 0 Å². The Bertz CT molecular complexity index is 799. The van der Waals surface area contributed by atoms with Crippen molar-refractivity contribution >= 4 is 14.3 Å². The van der Waals surface area contributed by atoms with Crippen LogP contribution < -0.4 is 4.90 Å². The highest BCUT2D eigenvalue weighted by Gasteiger charge is 2.37. The summed E-state index contributed by atoms with van der Waals surface area (Å²) in [7, 11) is -1.95. The van der Waals surface area contributed by atoms with E-state index in [1.54, 1.807) is 24.7 Å². The Hall–Kier alpha value is -1.86. The maximum atomic E-state index is 15.1. The molecule has 28 heavy (non-hydrogen) atoms. The molecule has 0 N–H and O–H groups in total. The van der Waals surface area contributed by atoms with E-state index in [0.29, 0.717) is 17.1 Å². The summed E-state index contributed by atoms with van der Waals surface area (Å²) in [5.74, 6) is 0.358. The first-order chi connectivity index (χ1) is 13.2. The van der Waals surface area contributed by atoms with Crippen molar-refractivity contribution in [3.63, 3.8) is 0 Å². The van der Waals surface area contributed by atoms with Gasteiger partial charge in [-0.2, -0.15) is 0 Å². The van der Waals surface area contributed by atoms with Gasteiger partial charge in [0.15, 0.2) is 14.1 Å². The van der Waals surface area contributed by atoms with Crippen LogP contribution in [0, 0.1) is 5.82 Å². The molecule has 3 heterocycles. The summed E-state index contributed by atoms with van der Waals surface area (Å²) >= 11 is 0. The summed E-state index contributed by atoms with van der Waals surface area (Å²) in [4.78, 5) is 15.3. The molecule has 0 unspecified atom stereocenters. The van der Waals surface area contributed by atoms with E-state index in [1.807, 2.05) is 0 Å². The molecule has 0 saturated carbocycles. The first kappa shape index (κ1) is 20.9. The molecule has 0 bridgehead atoms. The molecule has 1 aliphatic heterocycles. The minimum absolute atomic E-state index is 0.0808. The second-order valence-electron chi connectivity index (χ2n) is 9.00. The molecular formula is C21H31FN4OSi. The summed E-state index contributed by atoms with van der Waals surface area (Å²) in [5.41, 5.74) is 1.39. The number of pyridine rings is 1. The predicted octanol–water partition coefficient (Wildman–Crippen LogP) is 5.19. The number of nitrogens with zero attached hydrogens (tertiary/aromatic N) is 4. The minimum atomic E-state index is -1.95. The van der Waals surface area contributed by atoms with E-state index in [-0.39, 0.29) is 23.2 Å². The summed E-state index contributed by atoms with van der Waals surface area (Å²) < 4.78 is 21.3. The third-order valence-corrected chi connectivity index (χ3v) is 10.4. The average Bonchev–Trinajstić information content (AvgIpc) is 2.67. The number of hydrogen-bond donors (Lipinski definition) is 0. The van der Waals surface area contributed by atoms with Gasteiger partial charge < -0.3 is 9.33 Å². The Morgan fingerprint density at radius 3 is 2.32 bits per heavy atom. The van der Waals surface area contributed by atoms with Crippen molar-refractivity contribution in [3.05, 3.63) is 36.0 Å². The number of aromatic nitrogens is 3. The molecule has 0 atom stereocenters. The topological polar surface area (TPSA) is 51.1 Å². The van der Waals surface area contributed by atoms with Gasteiger partial charge in [-0.05, 0) is 43.5 Å². The maximum absolute atomic E-state index is 15.1. The van der Waals surface area contributed by atoms with Crippen LogP contribution in [0.25, 0.3) is 11.3 Å². The van der Waals surface area contributed by atoms with E-state index in [0.717, 1.165) is 25.9 Å². The van der Waals surface area contributed by atoms with E-state index in [9.17, 15) is 0 Å². The zero-order chi connectivity index (χ0) is 20.4. The fourth-order valence-electron chi connectivity index (χ4n) is 2.97. The molecule has 2 aromatic rings. The average molecular weight is 403 g/mol. The van der Waals surface area contributed by atoms with Gasteiger partial charge in [0, 0.05) is 42.8 Å². The molecule has 0 amide bonds. The second kappa shape index (κ2) is 8.25. The van der Waals surface area contributed by atoms with E-state index in [2.05, 4.69) is 53.7 Å². The Labute approximate surface area is 168 Å². The number of anilines is 1. The fraction of sp³-hybridized carbons (Fsp3) is 0.571. The van der Waals surface area contributed by atoms with Crippen molar-refractivity contribution in [3.8, 4) is 11.3 Å². The quantitative estimate of drug-likeness (QED) is 0.644. The molecule has 5 nitrogen and oxygen atoms in total. The summed E-state index contributed by atoms with van der Waals surface area (Å²) in [6.45, 7) is 13.1. The van der Waals surface area contributed by atoms with Gasteiger partial charge in [0.05, 0.1) is 6.61 Å². The van der Waals surface area contributed by atoms with Crippen LogP contribution in [0.3, 0.4) is 0 Å². The van der Waals surface area contributed by atoms with E-state index in [4.69, 9.17) is 4.43 Å². The summed E-state index contributed by atoms with van der Waals surface area (Å²) in [5, 5.41) is 0.0808. The van der Waals surface area contributed by atoms with Gasteiger partial charge in [-0.3, -0.25) is 4.98 Å². The number of halogens is 1. The second-order valence-corrected chi connectivity index (χ2v) is 13.8. The standard InChI is InChI=1S/C21H31FN4OSi/c1-21(2,3)28(4,5)27-15-16-9-10-23-19(18(16)22)17-13-24-20(25-14-17)26-11-7-6-8-12-26/h9-10,13-14H,6-8,11-12,15H2,1-5H3. The third kappa shape index (κ3) is 4.58. The van der Waals surface area contributed by atoms with Crippen molar-refractivity contribution < 1.29 is 8.82 Å². The number of rotatable bonds is 5. The van der Waals surface area contributed by atoms with Crippen LogP contribution in [0.2, 0.25) is 18.1 Å². The molecule has 1 saturated heterocycles. The van der Waals surface area contributed by atoms with Crippen molar-refractivity contribution in [2.45, 2.75) is 64.8 Å². The molecule has 1 aliphatic rings. The largest absolute Gasteiger partial charge is 0.412 e. The summed E-state index contributed by atoms with van der Waals surface area (Å²) in [6, 6.07) is 1.69. The highest BCUT2D eigenvalue weighted by atomic mass is 28.4. The third-order valence-electron chi connectivity index (χ3n) is 5.91. The summed E-state index contributed by atoms with van der Waals surface area (Å²) in [6.07, 6.45) is 8.55. The smallest absolute Gasteiger partial charge is 0.225 e. The Morgan fingerprint density at radius 2 is 1.71 bits per heavy atom. The molecule has 1 fully saturated rings. The molecule has 0 aromatic carbocycles. The lowest BCUT2D eigenvalue weighted by Crippen LogP contribution is -2.40. The zero-order valence-corrected chi connectivity index (χ0v) is 18.6. The van der Waals surface area contributed by atoms with E-state index >= 15 is 4.39 Å². The van der Waals surface area contributed by atoms with E-state index in [1.165, 1.54) is 6.42 Å². The predicted molar refractivity (Wildman–Crippen MR) is 113 cm³/mol. The van der Waals surface area contributed by atoms with Crippen LogP contribution in [0.15, 0.2) is 24.7 Å². The normalized spacial score (nSPS) is 15.7. The highest BCUT2D eigenvalue weighted by Crippen LogP contribution is 2.37. The first-order valence-electron chi connectivity index (χ1n) is 10.0. The zero-order valence-electron chi connectivity index (χ0n) is 17.6. The Balaban J connectivity index is 1.77. The minimum Gasteiger partial charge on any atom is -0.412 e. The van der Waals surface area contributed by atoms with Crippen LogP contribution in [0.1, 0.15) is 45.6 Å². The lowest BCUT2D eigenvalue weighted by Gasteiger charge is -2.36. The SMILES string of the molecule is CC(C)(C)[Si](C)(C)OCc1ccnc(-c2cnc(N3CCCCC3)nc2)c1F. The molecule has 0 radical (unpaired) electrons. The molecule has 0 spiro atoms. The van der Waals surface area contributed by atoms with Gasteiger partial charge in [-0.15, -0.1) is 0 Å². The molecule has 7 heteroatoms. The van der Waals surface area contributed by atoms with E-state index < -0.39 is 8.32 Å². The monoisotopic (exact) mass is 402 g/mol. The molecule has 3 rings (SSSR count). The van der Waals surface area contributed by atoms with Crippen LogP contribution in [-0.4, -0.2) is 36.4 Å². The fourth-order valence-corrected chi connectivity index (χ4v) is 3.92. The lowest BCUT2D eigenvalue weighted by atomic mass is 10.1. The highest BCUT2D eigenvalue weighted by molar-refractivity contribution is 6.74. The van der Waals surface area contributed by atoms with Crippen LogP contribution in [0.5, 0.6) is 0 Å².